The first-order chi connectivity index (χ1) is 9.20. The first kappa shape index (κ1) is 14.2. The summed E-state index contributed by atoms with van der Waals surface area (Å²) < 4.78 is 1.03. The number of amides is 1. The normalized spacial score (nSPS) is 10.4. The van der Waals surface area contributed by atoms with Gasteiger partial charge in [0.1, 0.15) is 0 Å². The summed E-state index contributed by atoms with van der Waals surface area (Å²) in [6, 6.07) is 5.71. The van der Waals surface area contributed by atoms with Crippen molar-refractivity contribution in [3.8, 4) is 0 Å². The summed E-state index contributed by atoms with van der Waals surface area (Å²) in [5.74, 6) is -0.0306. The van der Waals surface area contributed by atoms with E-state index in [-0.39, 0.29) is 5.91 Å². The van der Waals surface area contributed by atoms with Crippen LogP contribution in [0.5, 0.6) is 0 Å². The van der Waals surface area contributed by atoms with Crippen molar-refractivity contribution in [3.05, 3.63) is 50.4 Å². The highest BCUT2D eigenvalue weighted by Gasteiger charge is 2.12. The summed E-state index contributed by atoms with van der Waals surface area (Å²) in [6.07, 6.45) is 5.56. The molecule has 1 N–H and O–H groups in total. The lowest BCUT2D eigenvalue weighted by Gasteiger charge is -2.02. The molecule has 1 amide bonds. The van der Waals surface area contributed by atoms with Crippen molar-refractivity contribution in [3.63, 3.8) is 0 Å². The molecule has 2 heterocycles. The van der Waals surface area contributed by atoms with Gasteiger partial charge in [0.2, 0.25) is 0 Å². The number of aromatic nitrogens is 1. The molecule has 0 aromatic carbocycles. The highest BCUT2D eigenvalue weighted by Crippen LogP contribution is 2.28. The van der Waals surface area contributed by atoms with Gasteiger partial charge in [-0.3, -0.25) is 9.78 Å². The number of hydrogen-bond donors (Lipinski definition) is 1. The molecule has 19 heavy (non-hydrogen) atoms. The molecule has 0 aliphatic carbocycles. The second-order valence-electron chi connectivity index (χ2n) is 4.18. The third-order valence-electron chi connectivity index (χ3n) is 2.63. The van der Waals surface area contributed by atoms with Gasteiger partial charge in [0, 0.05) is 28.3 Å². The summed E-state index contributed by atoms with van der Waals surface area (Å²) in [5, 5.41) is 2.91. The van der Waals surface area contributed by atoms with Crippen molar-refractivity contribution in [2.24, 2.45) is 0 Å². The van der Waals surface area contributed by atoms with Gasteiger partial charge < -0.3 is 5.32 Å². The molecule has 2 aromatic rings. The number of carbonyl (C=O) groups is 1. The molecule has 5 heteroatoms. The Bertz CT molecular complexity index is 554. The Labute approximate surface area is 125 Å². The zero-order chi connectivity index (χ0) is 13.7. The lowest BCUT2D eigenvalue weighted by atomic mass is 10.3. The topological polar surface area (TPSA) is 42.0 Å². The third kappa shape index (κ3) is 3.88. The summed E-state index contributed by atoms with van der Waals surface area (Å²) in [5.41, 5.74) is 1.00. The molecule has 0 saturated carbocycles. The van der Waals surface area contributed by atoms with E-state index in [2.05, 4.69) is 33.2 Å². The Morgan fingerprint density at radius 3 is 3.05 bits per heavy atom. The Kier molecular flexibility index (Phi) is 5.10. The molecule has 2 aromatic heterocycles. The maximum atomic E-state index is 12.0. The first-order valence-corrected chi connectivity index (χ1v) is 7.77. The lowest BCUT2D eigenvalue weighted by molar-refractivity contribution is 0.0955. The standard InChI is InChI=1S/C14H15BrN2OS/c1-2-4-12-11(15)7-13(19-12)14(18)17-9-10-5-3-6-16-8-10/h3,5-8H,2,4,9H2,1H3,(H,17,18). The zero-order valence-electron chi connectivity index (χ0n) is 10.6. The Balaban J connectivity index is 1.98. The predicted molar refractivity (Wildman–Crippen MR) is 81.4 cm³/mol. The van der Waals surface area contributed by atoms with E-state index < -0.39 is 0 Å². The molecule has 2 rings (SSSR count). The van der Waals surface area contributed by atoms with Crippen molar-refractivity contribution in [1.29, 1.82) is 0 Å². The smallest absolute Gasteiger partial charge is 0.261 e. The molecule has 3 nitrogen and oxygen atoms in total. The van der Waals surface area contributed by atoms with E-state index >= 15 is 0 Å². The number of rotatable bonds is 5. The highest BCUT2D eigenvalue weighted by atomic mass is 79.9. The average Bonchev–Trinajstić information content (AvgIpc) is 2.79. The van der Waals surface area contributed by atoms with Gasteiger partial charge in [-0.25, -0.2) is 0 Å². The number of aryl methyl sites for hydroxylation is 1. The van der Waals surface area contributed by atoms with Crippen LogP contribution in [0.2, 0.25) is 0 Å². The molecule has 0 bridgehead atoms. The van der Waals surface area contributed by atoms with E-state index in [4.69, 9.17) is 0 Å². The number of carbonyl (C=O) groups excluding carboxylic acids is 1. The van der Waals surface area contributed by atoms with Gasteiger partial charge in [0.05, 0.1) is 4.88 Å². The van der Waals surface area contributed by atoms with Crippen LogP contribution in [0.1, 0.15) is 33.5 Å². The van der Waals surface area contributed by atoms with Crippen LogP contribution in [-0.2, 0) is 13.0 Å². The van der Waals surface area contributed by atoms with E-state index in [1.54, 1.807) is 23.7 Å². The van der Waals surface area contributed by atoms with Crippen LogP contribution in [0.25, 0.3) is 0 Å². The fourth-order valence-electron chi connectivity index (χ4n) is 1.69. The minimum absolute atomic E-state index is 0.0306. The summed E-state index contributed by atoms with van der Waals surface area (Å²) >= 11 is 5.06. The number of nitrogens with one attached hydrogen (secondary N) is 1. The maximum Gasteiger partial charge on any atom is 0.261 e. The van der Waals surface area contributed by atoms with Gasteiger partial charge in [-0.1, -0.05) is 19.4 Å². The molecule has 100 valence electrons. The monoisotopic (exact) mass is 338 g/mol. The van der Waals surface area contributed by atoms with Crippen LogP contribution in [0.15, 0.2) is 35.1 Å². The van der Waals surface area contributed by atoms with Gasteiger partial charge in [-0.05, 0) is 40.0 Å². The van der Waals surface area contributed by atoms with Crippen molar-refractivity contribution in [2.75, 3.05) is 0 Å². The molecule has 0 aliphatic heterocycles. The Morgan fingerprint density at radius 1 is 1.53 bits per heavy atom. The first-order valence-electron chi connectivity index (χ1n) is 6.16. The van der Waals surface area contributed by atoms with E-state index in [0.29, 0.717) is 6.54 Å². The molecule has 0 radical (unpaired) electrons. The Hall–Kier alpha value is -1.20. The van der Waals surface area contributed by atoms with E-state index in [1.807, 2.05) is 18.2 Å². The number of pyridine rings is 1. The number of hydrogen-bond acceptors (Lipinski definition) is 3. The average molecular weight is 339 g/mol. The van der Waals surface area contributed by atoms with Crippen LogP contribution in [0.3, 0.4) is 0 Å². The molecular formula is C14H15BrN2OS. The van der Waals surface area contributed by atoms with Gasteiger partial charge in [-0.15, -0.1) is 11.3 Å². The van der Waals surface area contributed by atoms with Gasteiger partial charge in [0.25, 0.3) is 5.91 Å². The second kappa shape index (κ2) is 6.82. The maximum absolute atomic E-state index is 12.0. The summed E-state index contributed by atoms with van der Waals surface area (Å²) in [6.45, 7) is 2.64. The molecule has 0 aliphatic rings. The second-order valence-corrected chi connectivity index (χ2v) is 6.17. The van der Waals surface area contributed by atoms with Crippen molar-refractivity contribution in [2.45, 2.75) is 26.3 Å². The number of halogens is 1. The SMILES string of the molecule is CCCc1sc(C(=O)NCc2cccnc2)cc1Br. The molecule has 0 saturated heterocycles. The quantitative estimate of drug-likeness (QED) is 0.901. The van der Waals surface area contributed by atoms with Gasteiger partial charge in [-0.2, -0.15) is 0 Å². The van der Waals surface area contributed by atoms with Gasteiger partial charge in [0.15, 0.2) is 0 Å². The molecular weight excluding hydrogens is 324 g/mol. The fourth-order valence-corrected chi connectivity index (χ4v) is 3.58. The largest absolute Gasteiger partial charge is 0.347 e. The number of thiophene rings is 1. The van der Waals surface area contributed by atoms with E-state index in [1.165, 1.54) is 4.88 Å². The van der Waals surface area contributed by atoms with Crippen LogP contribution >= 0.6 is 27.3 Å². The van der Waals surface area contributed by atoms with Crippen molar-refractivity contribution >= 4 is 33.2 Å². The lowest BCUT2D eigenvalue weighted by Crippen LogP contribution is -2.21. The summed E-state index contributed by atoms with van der Waals surface area (Å²) in [4.78, 5) is 18.0. The molecule has 0 unspecified atom stereocenters. The van der Waals surface area contributed by atoms with Crippen LogP contribution in [0, 0.1) is 0 Å². The van der Waals surface area contributed by atoms with E-state index in [9.17, 15) is 4.79 Å². The van der Waals surface area contributed by atoms with Gasteiger partial charge >= 0.3 is 0 Å². The van der Waals surface area contributed by atoms with Crippen LogP contribution in [0.4, 0.5) is 0 Å². The van der Waals surface area contributed by atoms with Crippen LogP contribution < -0.4 is 5.32 Å². The van der Waals surface area contributed by atoms with Crippen molar-refractivity contribution < 1.29 is 4.79 Å². The summed E-state index contributed by atoms with van der Waals surface area (Å²) in [7, 11) is 0. The van der Waals surface area contributed by atoms with E-state index in [0.717, 1.165) is 27.8 Å². The Morgan fingerprint density at radius 2 is 2.37 bits per heavy atom. The molecule has 0 fully saturated rings. The third-order valence-corrected chi connectivity index (χ3v) is 4.80. The van der Waals surface area contributed by atoms with Crippen LogP contribution in [-0.4, -0.2) is 10.9 Å². The minimum atomic E-state index is -0.0306. The zero-order valence-corrected chi connectivity index (χ0v) is 13.1. The minimum Gasteiger partial charge on any atom is -0.347 e. The molecule has 0 spiro atoms. The fraction of sp³-hybridized carbons (Fsp3) is 0.286. The predicted octanol–water partition coefficient (Wildman–Crippen LogP) is 3.79. The molecule has 0 atom stereocenters. The number of nitrogens with zero attached hydrogens (tertiary/aromatic N) is 1. The van der Waals surface area contributed by atoms with Crippen molar-refractivity contribution in [1.82, 2.24) is 10.3 Å². The highest BCUT2D eigenvalue weighted by molar-refractivity contribution is 9.10.